The van der Waals surface area contributed by atoms with E-state index in [0.29, 0.717) is 16.4 Å². The highest BCUT2D eigenvalue weighted by Crippen LogP contribution is 2.26. The zero-order chi connectivity index (χ0) is 12.9. The Morgan fingerprint density at radius 1 is 0.944 bits per heavy atom. The van der Waals surface area contributed by atoms with Gasteiger partial charge in [-0.25, -0.2) is 9.59 Å². The Morgan fingerprint density at radius 3 is 2.28 bits per heavy atom. The molecule has 2 aromatic heterocycles. The summed E-state index contributed by atoms with van der Waals surface area (Å²) in [7, 11) is 0. The van der Waals surface area contributed by atoms with Crippen LogP contribution < -0.4 is 0 Å². The van der Waals surface area contributed by atoms with Crippen LogP contribution in [0.3, 0.4) is 0 Å². The van der Waals surface area contributed by atoms with Crippen molar-refractivity contribution in [2.45, 2.75) is 0 Å². The molecule has 0 radical (unpaired) electrons. The molecular weight excluding hydrogens is 236 g/mol. The fraction of sp³-hybridized carbons (Fsp3) is 0. The number of aromatic amines is 2. The summed E-state index contributed by atoms with van der Waals surface area (Å²) >= 11 is 0. The Kier molecular flexibility index (Phi) is 1.94. The molecule has 6 heteroatoms. The fourth-order valence-electron chi connectivity index (χ4n) is 2.04. The average Bonchev–Trinajstić information content (AvgIpc) is 2.91. The molecule has 0 fully saturated rings. The summed E-state index contributed by atoms with van der Waals surface area (Å²) in [6.45, 7) is 0. The molecule has 2 heterocycles. The molecule has 3 rings (SSSR count). The summed E-state index contributed by atoms with van der Waals surface area (Å²) in [5.74, 6) is -2.10. The highest BCUT2D eigenvalue weighted by atomic mass is 16.4. The first-order chi connectivity index (χ1) is 8.56. The Morgan fingerprint density at radius 2 is 1.61 bits per heavy atom. The van der Waals surface area contributed by atoms with Crippen LogP contribution in [0.25, 0.3) is 21.8 Å². The second-order valence-electron chi connectivity index (χ2n) is 3.97. The van der Waals surface area contributed by atoms with Crippen LogP contribution in [0.1, 0.15) is 21.0 Å². The second-order valence-corrected chi connectivity index (χ2v) is 3.97. The van der Waals surface area contributed by atoms with Crippen LogP contribution in [0.4, 0.5) is 0 Å². The number of H-pyrrole nitrogens is 2. The predicted octanol–water partition coefficient (Wildman–Crippen LogP) is 2.05. The largest absolute Gasteiger partial charge is 0.477 e. The predicted molar refractivity (Wildman–Crippen MR) is 64.1 cm³/mol. The lowest BCUT2D eigenvalue weighted by atomic mass is 10.2. The van der Waals surface area contributed by atoms with Crippen molar-refractivity contribution in [3.8, 4) is 0 Å². The second kappa shape index (κ2) is 3.36. The van der Waals surface area contributed by atoms with Crippen molar-refractivity contribution in [1.82, 2.24) is 9.97 Å². The molecule has 0 saturated carbocycles. The normalized spacial score (nSPS) is 11.1. The highest BCUT2D eigenvalue weighted by Gasteiger charge is 2.13. The smallest absolute Gasteiger partial charge is 0.352 e. The maximum atomic E-state index is 10.9. The van der Waals surface area contributed by atoms with Gasteiger partial charge in [0, 0.05) is 16.3 Å². The van der Waals surface area contributed by atoms with Crippen molar-refractivity contribution in [3.05, 3.63) is 35.7 Å². The molecule has 0 atom stereocenters. The minimum absolute atomic E-state index is 0.0731. The van der Waals surface area contributed by atoms with Crippen molar-refractivity contribution in [2.24, 2.45) is 0 Å². The molecule has 0 aliphatic carbocycles. The molecule has 0 unspecified atom stereocenters. The van der Waals surface area contributed by atoms with E-state index in [9.17, 15) is 9.59 Å². The lowest BCUT2D eigenvalue weighted by Crippen LogP contribution is -1.95. The van der Waals surface area contributed by atoms with Gasteiger partial charge in [0.1, 0.15) is 11.4 Å². The number of aromatic nitrogens is 2. The lowest BCUT2D eigenvalue weighted by molar-refractivity contribution is 0.0681. The van der Waals surface area contributed by atoms with E-state index in [2.05, 4.69) is 9.97 Å². The molecule has 4 N–H and O–H groups in total. The van der Waals surface area contributed by atoms with E-state index in [1.165, 1.54) is 12.1 Å². The summed E-state index contributed by atoms with van der Waals surface area (Å²) in [6, 6.07) is 6.47. The third-order valence-electron chi connectivity index (χ3n) is 2.86. The Hall–Kier alpha value is -2.76. The van der Waals surface area contributed by atoms with Gasteiger partial charge in [-0.3, -0.25) is 0 Å². The van der Waals surface area contributed by atoms with Gasteiger partial charge in [-0.15, -0.1) is 0 Å². The standard InChI is InChI=1S/C12H8N2O4/c15-11(16)8-3-5-1-2-7-6(10(5)14-8)4-9(13-7)12(17)18/h1-4,13-14H,(H,15,16)(H,17,18). The molecule has 3 aromatic rings. The van der Waals surface area contributed by atoms with Crippen LogP contribution in [-0.2, 0) is 0 Å². The number of rotatable bonds is 2. The van der Waals surface area contributed by atoms with Crippen LogP contribution in [0.2, 0.25) is 0 Å². The number of hydrogen-bond donors (Lipinski definition) is 4. The first-order valence-electron chi connectivity index (χ1n) is 5.17. The average molecular weight is 244 g/mol. The number of benzene rings is 1. The summed E-state index contributed by atoms with van der Waals surface area (Å²) in [6.07, 6.45) is 0. The molecule has 90 valence electrons. The molecule has 0 aliphatic heterocycles. The number of carbonyl (C=O) groups is 2. The number of carboxylic acids is 2. The number of hydrogen-bond acceptors (Lipinski definition) is 2. The van der Waals surface area contributed by atoms with Crippen LogP contribution in [-0.4, -0.2) is 32.1 Å². The number of nitrogens with one attached hydrogen (secondary N) is 2. The molecule has 18 heavy (non-hydrogen) atoms. The van der Waals surface area contributed by atoms with Crippen molar-refractivity contribution in [3.63, 3.8) is 0 Å². The van der Waals surface area contributed by atoms with E-state index < -0.39 is 11.9 Å². The van der Waals surface area contributed by atoms with Gasteiger partial charge in [-0.1, -0.05) is 6.07 Å². The first-order valence-corrected chi connectivity index (χ1v) is 5.17. The SMILES string of the molecule is O=C(O)c1cc2c(ccc3cc(C(=O)O)[nH]c32)[nH]1. The Bertz CT molecular complexity index is 729. The maximum Gasteiger partial charge on any atom is 0.352 e. The van der Waals surface area contributed by atoms with E-state index in [1.807, 2.05) is 0 Å². The Balaban J connectivity index is 2.37. The van der Waals surface area contributed by atoms with Crippen molar-refractivity contribution in [1.29, 1.82) is 0 Å². The van der Waals surface area contributed by atoms with Gasteiger partial charge < -0.3 is 20.2 Å². The van der Waals surface area contributed by atoms with Gasteiger partial charge in [0.15, 0.2) is 0 Å². The maximum absolute atomic E-state index is 10.9. The number of carboxylic acid groups (broad SMARTS) is 2. The molecule has 6 nitrogen and oxygen atoms in total. The summed E-state index contributed by atoms with van der Waals surface area (Å²) in [5.41, 5.74) is 1.42. The van der Waals surface area contributed by atoms with E-state index in [4.69, 9.17) is 10.2 Å². The minimum atomic E-state index is -1.05. The third kappa shape index (κ3) is 1.36. The van der Waals surface area contributed by atoms with Crippen molar-refractivity contribution in [2.75, 3.05) is 0 Å². The minimum Gasteiger partial charge on any atom is -0.477 e. The van der Waals surface area contributed by atoms with Crippen molar-refractivity contribution < 1.29 is 19.8 Å². The van der Waals surface area contributed by atoms with E-state index in [1.54, 1.807) is 12.1 Å². The van der Waals surface area contributed by atoms with Gasteiger partial charge in [-0.05, 0) is 18.2 Å². The van der Waals surface area contributed by atoms with E-state index in [0.717, 1.165) is 5.39 Å². The summed E-state index contributed by atoms with van der Waals surface area (Å²) < 4.78 is 0. The van der Waals surface area contributed by atoms with Gasteiger partial charge in [0.25, 0.3) is 0 Å². The molecule has 0 aliphatic rings. The van der Waals surface area contributed by atoms with Gasteiger partial charge >= 0.3 is 11.9 Å². The zero-order valence-electron chi connectivity index (χ0n) is 9.02. The summed E-state index contributed by atoms with van der Waals surface area (Å²) in [4.78, 5) is 27.3. The van der Waals surface area contributed by atoms with Gasteiger partial charge in [-0.2, -0.15) is 0 Å². The fourth-order valence-corrected chi connectivity index (χ4v) is 2.04. The summed E-state index contributed by atoms with van der Waals surface area (Å²) in [5, 5.41) is 19.2. The van der Waals surface area contributed by atoms with Crippen LogP contribution in [0, 0.1) is 0 Å². The Labute approximate surface area is 99.9 Å². The molecule has 1 aromatic carbocycles. The van der Waals surface area contributed by atoms with Crippen molar-refractivity contribution >= 4 is 33.7 Å². The quantitative estimate of drug-likeness (QED) is 0.553. The van der Waals surface area contributed by atoms with Crippen LogP contribution in [0.5, 0.6) is 0 Å². The van der Waals surface area contributed by atoms with Gasteiger partial charge in [0.2, 0.25) is 0 Å². The number of fused-ring (bicyclic) bond motifs is 3. The zero-order valence-corrected chi connectivity index (χ0v) is 9.02. The van der Waals surface area contributed by atoms with Crippen LogP contribution in [0.15, 0.2) is 24.3 Å². The first kappa shape index (κ1) is 10.4. The topological polar surface area (TPSA) is 106 Å². The molecule has 0 bridgehead atoms. The monoisotopic (exact) mass is 244 g/mol. The van der Waals surface area contributed by atoms with Crippen LogP contribution >= 0.6 is 0 Å². The lowest BCUT2D eigenvalue weighted by Gasteiger charge is -1.91. The molecule has 0 spiro atoms. The number of aromatic carboxylic acids is 2. The van der Waals surface area contributed by atoms with Gasteiger partial charge in [0.05, 0.1) is 5.52 Å². The highest BCUT2D eigenvalue weighted by molar-refractivity contribution is 6.09. The molecule has 0 saturated heterocycles. The third-order valence-corrected chi connectivity index (χ3v) is 2.86. The molecular formula is C12H8N2O4. The van der Waals surface area contributed by atoms with E-state index >= 15 is 0 Å². The molecule has 0 amide bonds. The van der Waals surface area contributed by atoms with E-state index in [-0.39, 0.29) is 11.4 Å².